The Kier molecular flexibility index (Phi) is 4.13. The van der Waals surface area contributed by atoms with Crippen LogP contribution in [0.5, 0.6) is 5.75 Å². The van der Waals surface area contributed by atoms with E-state index in [2.05, 4.69) is 5.32 Å². The van der Waals surface area contributed by atoms with E-state index in [0.29, 0.717) is 16.5 Å². The molecule has 6 heteroatoms. The molecule has 0 heterocycles. The van der Waals surface area contributed by atoms with Crippen molar-refractivity contribution in [2.75, 3.05) is 12.4 Å². The number of anilines is 1. The van der Waals surface area contributed by atoms with Gasteiger partial charge < -0.3 is 15.2 Å². The third-order valence-corrected chi connectivity index (χ3v) is 1.98. The fraction of sp³-hybridized carbons (Fsp3) is 0.200. The molecule has 0 bridgehead atoms. The van der Waals surface area contributed by atoms with Gasteiger partial charge >= 0.3 is 5.97 Å². The van der Waals surface area contributed by atoms with Crippen molar-refractivity contribution in [3.05, 3.63) is 23.2 Å². The minimum atomic E-state index is -1.20. The van der Waals surface area contributed by atoms with Gasteiger partial charge in [-0.3, -0.25) is 9.59 Å². The number of aliphatic carboxylic acids is 1. The van der Waals surface area contributed by atoms with Crippen LogP contribution in [0, 0.1) is 0 Å². The zero-order chi connectivity index (χ0) is 12.1. The molecule has 1 rings (SSSR count). The van der Waals surface area contributed by atoms with E-state index in [1.165, 1.54) is 13.2 Å². The quantitative estimate of drug-likeness (QED) is 0.790. The number of hydrogen-bond donors (Lipinski definition) is 2. The summed E-state index contributed by atoms with van der Waals surface area (Å²) >= 11 is 5.74. The molecule has 86 valence electrons. The lowest BCUT2D eigenvalue weighted by Crippen LogP contribution is -2.16. The van der Waals surface area contributed by atoms with Gasteiger partial charge in [0, 0.05) is 5.02 Å². The highest BCUT2D eigenvalue weighted by Crippen LogP contribution is 2.27. The van der Waals surface area contributed by atoms with Crippen LogP contribution < -0.4 is 10.1 Å². The number of carboxylic acid groups (broad SMARTS) is 1. The molecule has 0 aliphatic heterocycles. The van der Waals surface area contributed by atoms with E-state index >= 15 is 0 Å². The standard InChI is InChI=1S/C10H10ClNO4/c1-16-8-3-2-6(11)4-7(8)12-9(13)5-10(14)15/h2-4H,5H2,1H3,(H,12,13)(H,14,15). The van der Waals surface area contributed by atoms with Gasteiger partial charge in [0.15, 0.2) is 0 Å². The maximum atomic E-state index is 11.2. The first kappa shape index (κ1) is 12.3. The Balaban J connectivity index is 2.83. The summed E-state index contributed by atoms with van der Waals surface area (Å²) in [5.41, 5.74) is 0.348. The molecule has 0 fully saturated rings. The molecule has 5 nitrogen and oxygen atoms in total. The van der Waals surface area contributed by atoms with Crippen molar-refractivity contribution < 1.29 is 19.4 Å². The molecule has 0 unspecified atom stereocenters. The highest BCUT2D eigenvalue weighted by molar-refractivity contribution is 6.31. The van der Waals surface area contributed by atoms with Gasteiger partial charge in [-0.2, -0.15) is 0 Å². The predicted octanol–water partition coefficient (Wildman–Crippen LogP) is 1.76. The lowest BCUT2D eigenvalue weighted by molar-refractivity contribution is -0.139. The third kappa shape index (κ3) is 3.43. The van der Waals surface area contributed by atoms with Crippen molar-refractivity contribution in [2.24, 2.45) is 0 Å². The first-order valence-electron chi connectivity index (χ1n) is 4.38. The molecular weight excluding hydrogens is 234 g/mol. The summed E-state index contributed by atoms with van der Waals surface area (Å²) in [6.07, 6.45) is -0.602. The molecule has 1 aromatic carbocycles. The minimum Gasteiger partial charge on any atom is -0.495 e. The van der Waals surface area contributed by atoms with E-state index in [-0.39, 0.29) is 0 Å². The van der Waals surface area contributed by atoms with E-state index in [4.69, 9.17) is 21.4 Å². The van der Waals surface area contributed by atoms with Crippen LogP contribution in [-0.2, 0) is 9.59 Å². The van der Waals surface area contributed by atoms with Crippen LogP contribution in [0.4, 0.5) is 5.69 Å². The second-order valence-electron chi connectivity index (χ2n) is 2.96. The van der Waals surface area contributed by atoms with Crippen molar-refractivity contribution in [3.63, 3.8) is 0 Å². The SMILES string of the molecule is COc1ccc(Cl)cc1NC(=O)CC(=O)O. The molecule has 0 aliphatic rings. The first-order valence-corrected chi connectivity index (χ1v) is 4.76. The fourth-order valence-corrected chi connectivity index (χ4v) is 1.28. The van der Waals surface area contributed by atoms with Crippen LogP contribution in [0.3, 0.4) is 0 Å². The number of carboxylic acids is 1. The molecule has 0 atom stereocenters. The average molecular weight is 244 g/mol. The lowest BCUT2D eigenvalue weighted by atomic mass is 10.2. The van der Waals surface area contributed by atoms with E-state index < -0.39 is 18.3 Å². The Hall–Kier alpha value is -1.75. The smallest absolute Gasteiger partial charge is 0.312 e. The normalized spacial score (nSPS) is 9.62. The third-order valence-electron chi connectivity index (χ3n) is 1.75. The van der Waals surface area contributed by atoms with E-state index in [1.54, 1.807) is 12.1 Å². The maximum absolute atomic E-state index is 11.2. The Bertz CT molecular complexity index is 419. The van der Waals surface area contributed by atoms with Crippen LogP contribution >= 0.6 is 11.6 Å². The Morgan fingerprint density at radius 3 is 2.75 bits per heavy atom. The zero-order valence-electron chi connectivity index (χ0n) is 8.49. The van der Waals surface area contributed by atoms with Gasteiger partial charge in [0.25, 0.3) is 0 Å². The average Bonchev–Trinajstić information content (AvgIpc) is 2.16. The highest BCUT2D eigenvalue weighted by Gasteiger charge is 2.11. The number of benzene rings is 1. The number of amides is 1. The molecule has 0 aromatic heterocycles. The fourth-order valence-electron chi connectivity index (χ4n) is 1.11. The van der Waals surface area contributed by atoms with Crippen LogP contribution in [0.1, 0.15) is 6.42 Å². The summed E-state index contributed by atoms with van der Waals surface area (Å²) in [6, 6.07) is 4.67. The summed E-state index contributed by atoms with van der Waals surface area (Å²) < 4.78 is 4.99. The van der Waals surface area contributed by atoms with Gasteiger partial charge in [-0.25, -0.2) is 0 Å². The van der Waals surface area contributed by atoms with Crippen LogP contribution in [0.25, 0.3) is 0 Å². The number of halogens is 1. The zero-order valence-corrected chi connectivity index (χ0v) is 9.25. The Morgan fingerprint density at radius 1 is 1.50 bits per heavy atom. The molecule has 0 spiro atoms. The van der Waals surface area contributed by atoms with Crippen molar-refractivity contribution in [2.45, 2.75) is 6.42 Å². The summed E-state index contributed by atoms with van der Waals surface area (Å²) in [6.45, 7) is 0. The monoisotopic (exact) mass is 243 g/mol. The molecule has 2 N–H and O–H groups in total. The number of hydrogen-bond acceptors (Lipinski definition) is 3. The first-order chi connectivity index (χ1) is 7.52. The number of nitrogens with one attached hydrogen (secondary N) is 1. The van der Waals surface area contributed by atoms with Crippen LogP contribution in [0.2, 0.25) is 5.02 Å². The van der Waals surface area contributed by atoms with E-state index in [1.807, 2.05) is 0 Å². The van der Waals surface area contributed by atoms with Gasteiger partial charge in [0.05, 0.1) is 12.8 Å². The number of rotatable bonds is 4. The van der Waals surface area contributed by atoms with Gasteiger partial charge in [0.2, 0.25) is 5.91 Å². The van der Waals surface area contributed by atoms with E-state index in [0.717, 1.165) is 0 Å². The van der Waals surface area contributed by atoms with Gasteiger partial charge in [-0.05, 0) is 18.2 Å². The van der Waals surface area contributed by atoms with Crippen LogP contribution in [-0.4, -0.2) is 24.1 Å². The van der Waals surface area contributed by atoms with E-state index in [9.17, 15) is 9.59 Å². The summed E-state index contributed by atoms with van der Waals surface area (Å²) in [7, 11) is 1.44. The molecule has 0 aliphatic carbocycles. The molecule has 16 heavy (non-hydrogen) atoms. The molecule has 0 radical (unpaired) electrons. The number of carbonyl (C=O) groups is 2. The van der Waals surface area contributed by atoms with Gasteiger partial charge in [0.1, 0.15) is 12.2 Å². The second-order valence-corrected chi connectivity index (χ2v) is 3.40. The lowest BCUT2D eigenvalue weighted by Gasteiger charge is -2.09. The molecule has 0 saturated carbocycles. The van der Waals surface area contributed by atoms with Gasteiger partial charge in [-0.15, -0.1) is 0 Å². The molecular formula is C10H10ClNO4. The highest BCUT2D eigenvalue weighted by atomic mass is 35.5. The van der Waals surface area contributed by atoms with Crippen molar-refractivity contribution in [1.29, 1.82) is 0 Å². The summed E-state index contributed by atoms with van der Waals surface area (Å²) in [5, 5.41) is 11.3. The number of carbonyl (C=O) groups excluding carboxylic acids is 1. The topological polar surface area (TPSA) is 75.6 Å². The molecule has 0 saturated heterocycles. The van der Waals surface area contributed by atoms with Gasteiger partial charge in [-0.1, -0.05) is 11.6 Å². The molecule has 1 amide bonds. The Morgan fingerprint density at radius 2 is 2.19 bits per heavy atom. The summed E-state index contributed by atoms with van der Waals surface area (Å²) in [5.74, 6) is -1.41. The van der Waals surface area contributed by atoms with Crippen molar-refractivity contribution in [1.82, 2.24) is 0 Å². The number of methoxy groups -OCH3 is 1. The Labute approximate surface area is 97.0 Å². The maximum Gasteiger partial charge on any atom is 0.312 e. The second kappa shape index (κ2) is 5.37. The largest absolute Gasteiger partial charge is 0.495 e. The summed E-state index contributed by atoms with van der Waals surface area (Å²) in [4.78, 5) is 21.5. The molecule has 1 aromatic rings. The number of ether oxygens (including phenoxy) is 1. The van der Waals surface area contributed by atoms with Crippen LogP contribution in [0.15, 0.2) is 18.2 Å². The van der Waals surface area contributed by atoms with Crippen molar-refractivity contribution >= 4 is 29.2 Å². The minimum absolute atomic E-state index is 0.348. The predicted molar refractivity (Wildman–Crippen MR) is 58.9 cm³/mol. The van der Waals surface area contributed by atoms with Crippen molar-refractivity contribution in [3.8, 4) is 5.75 Å².